The standard InChI is InChI=1S/C7H12N2S/c1-7(2)3-6-8-10-5-9(6)4-7/h3,8H,4-5H2,1-2H3. The first-order chi connectivity index (χ1) is 4.67. The summed E-state index contributed by atoms with van der Waals surface area (Å²) in [7, 11) is 0. The zero-order valence-electron chi connectivity index (χ0n) is 6.35. The van der Waals surface area contributed by atoms with Crippen LogP contribution in [-0.4, -0.2) is 17.3 Å². The molecule has 0 unspecified atom stereocenters. The van der Waals surface area contributed by atoms with Crippen LogP contribution in [0.3, 0.4) is 0 Å². The summed E-state index contributed by atoms with van der Waals surface area (Å²) in [5.41, 5.74) is 0.378. The molecule has 1 N–H and O–H groups in total. The van der Waals surface area contributed by atoms with Crippen molar-refractivity contribution in [1.82, 2.24) is 9.62 Å². The zero-order valence-corrected chi connectivity index (χ0v) is 7.16. The third kappa shape index (κ3) is 0.888. The van der Waals surface area contributed by atoms with Crippen LogP contribution in [0, 0.1) is 5.41 Å². The second-order valence-electron chi connectivity index (χ2n) is 3.59. The van der Waals surface area contributed by atoms with E-state index in [1.54, 1.807) is 11.9 Å². The molecule has 0 aliphatic carbocycles. The molecule has 0 aromatic rings. The highest BCUT2D eigenvalue weighted by atomic mass is 32.2. The van der Waals surface area contributed by atoms with E-state index in [1.807, 2.05) is 0 Å². The summed E-state index contributed by atoms with van der Waals surface area (Å²) in [6.07, 6.45) is 2.31. The van der Waals surface area contributed by atoms with E-state index in [9.17, 15) is 0 Å². The molecule has 0 aromatic heterocycles. The molecule has 0 spiro atoms. The van der Waals surface area contributed by atoms with Crippen LogP contribution >= 0.6 is 11.9 Å². The molecular formula is C7H12N2S. The largest absolute Gasteiger partial charge is 0.346 e. The second kappa shape index (κ2) is 1.84. The maximum absolute atomic E-state index is 3.28. The number of hydrogen-bond acceptors (Lipinski definition) is 3. The minimum absolute atomic E-state index is 0.378. The Balaban J connectivity index is 2.23. The lowest BCUT2D eigenvalue weighted by molar-refractivity contribution is 0.343. The van der Waals surface area contributed by atoms with Crippen LogP contribution < -0.4 is 4.72 Å². The van der Waals surface area contributed by atoms with Crippen molar-refractivity contribution >= 4 is 11.9 Å². The summed E-state index contributed by atoms with van der Waals surface area (Å²) >= 11 is 1.77. The van der Waals surface area contributed by atoms with Gasteiger partial charge in [-0.1, -0.05) is 13.8 Å². The normalized spacial score (nSPS) is 27.8. The fourth-order valence-corrected chi connectivity index (χ4v) is 2.26. The van der Waals surface area contributed by atoms with Gasteiger partial charge < -0.3 is 9.62 Å². The first-order valence-electron chi connectivity index (χ1n) is 3.53. The molecule has 10 heavy (non-hydrogen) atoms. The van der Waals surface area contributed by atoms with Crippen molar-refractivity contribution in [2.45, 2.75) is 13.8 Å². The molecule has 0 bridgehead atoms. The molecule has 2 rings (SSSR count). The fourth-order valence-electron chi connectivity index (χ4n) is 1.48. The summed E-state index contributed by atoms with van der Waals surface area (Å²) in [4.78, 5) is 2.38. The van der Waals surface area contributed by atoms with Crippen molar-refractivity contribution in [1.29, 1.82) is 0 Å². The zero-order chi connectivity index (χ0) is 7.19. The van der Waals surface area contributed by atoms with Gasteiger partial charge >= 0.3 is 0 Å². The predicted octanol–water partition coefficient (Wildman–Crippen LogP) is 1.38. The highest BCUT2D eigenvalue weighted by Gasteiger charge is 2.32. The van der Waals surface area contributed by atoms with Crippen molar-refractivity contribution < 1.29 is 0 Å². The Bertz CT molecular complexity index is 186. The maximum atomic E-state index is 3.28. The van der Waals surface area contributed by atoms with Crippen LogP contribution in [0.5, 0.6) is 0 Å². The van der Waals surface area contributed by atoms with Gasteiger partial charge in [0.2, 0.25) is 0 Å². The molecule has 0 saturated carbocycles. The fraction of sp³-hybridized carbons (Fsp3) is 0.714. The molecule has 2 aliphatic heterocycles. The molecule has 0 aromatic carbocycles. The van der Waals surface area contributed by atoms with Crippen LogP contribution in [0.1, 0.15) is 13.8 Å². The highest BCUT2D eigenvalue weighted by Crippen LogP contribution is 2.34. The van der Waals surface area contributed by atoms with Gasteiger partial charge in [0.25, 0.3) is 0 Å². The van der Waals surface area contributed by atoms with Crippen molar-refractivity contribution in [2.75, 3.05) is 12.4 Å². The molecular weight excluding hydrogens is 144 g/mol. The Kier molecular flexibility index (Phi) is 1.18. The number of nitrogens with one attached hydrogen (secondary N) is 1. The Labute approximate surface area is 65.8 Å². The van der Waals surface area contributed by atoms with Gasteiger partial charge in [-0.3, -0.25) is 0 Å². The SMILES string of the molecule is CC1(C)C=C2NSCN2C1. The first-order valence-corrected chi connectivity index (χ1v) is 4.52. The molecule has 56 valence electrons. The van der Waals surface area contributed by atoms with E-state index in [1.165, 1.54) is 12.4 Å². The monoisotopic (exact) mass is 156 g/mol. The maximum Gasteiger partial charge on any atom is 0.109 e. The summed E-state index contributed by atoms with van der Waals surface area (Å²) in [5.74, 6) is 2.42. The van der Waals surface area contributed by atoms with Gasteiger partial charge in [0, 0.05) is 12.0 Å². The van der Waals surface area contributed by atoms with E-state index >= 15 is 0 Å². The number of rotatable bonds is 0. The molecule has 1 fully saturated rings. The van der Waals surface area contributed by atoms with Gasteiger partial charge in [-0.2, -0.15) is 0 Å². The van der Waals surface area contributed by atoms with Gasteiger partial charge in [-0.05, 0) is 18.0 Å². The average Bonchev–Trinajstić information content (AvgIpc) is 2.20. The van der Waals surface area contributed by atoms with Crippen molar-refractivity contribution in [3.05, 3.63) is 11.9 Å². The van der Waals surface area contributed by atoms with Crippen LogP contribution in [0.25, 0.3) is 0 Å². The first kappa shape index (κ1) is 6.40. The molecule has 2 heterocycles. The van der Waals surface area contributed by atoms with Crippen LogP contribution in [0.4, 0.5) is 0 Å². The van der Waals surface area contributed by atoms with Crippen LogP contribution in [0.15, 0.2) is 11.9 Å². The highest BCUT2D eigenvalue weighted by molar-refractivity contribution is 7.97. The minimum Gasteiger partial charge on any atom is -0.346 e. The molecule has 1 saturated heterocycles. The molecule has 3 heteroatoms. The Hall–Kier alpha value is -0.310. The van der Waals surface area contributed by atoms with Gasteiger partial charge in [0.1, 0.15) is 5.82 Å². The van der Waals surface area contributed by atoms with Crippen molar-refractivity contribution in [3.8, 4) is 0 Å². The minimum atomic E-state index is 0.378. The topological polar surface area (TPSA) is 15.3 Å². The van der Waals surface area contributed by atoms with Crippen molar-refractivity contribution in [3.63, 3.8) is 0 Å². The number of nitrogens with zero attached hydrogens (tertiary/aromatic N) is 1. The summed E-state index contributed by atoms with van der Waals surface area (Å²) in [6.45, 7) is 5.71. The molecule has 0 amide bonds. The van der Waals surface area contributed by atoms with E-state index < -0.39 is 0 Å². The molecule has 0 radical (unpaired) electrons. The second-order valence-corrected chi connectivity index (χ2v) is 4.34. The van der Waals surface area contributed by atoms with Crippen LogP contribution in [-0.2, 0) is 0 Å². The number of hydrogen-bond donors (Lipinski definition) is 1. The third-order valence-corrected chi connectivity index (χ3v) is 2.66. The molecule has 0 atom stereocenters. The smallest absolute Gasteiger partial charge is 0.109 e. The van der Waals surface area contributed by atoms with Crippen LogP contribution in [0.2, 0.25) is 0 Å². The lowest BCUT2D eigenvalue weighted by Gasteiger charge is -2.17. The number of fused-ring (bicyclic) bond motifs is 1. The average molecular weight is 156 g/mol. The van der Waals surface area contributed by atoms with Gasteiger partial charge in [0.05, 0.1) is 5.88 Å². The Morgan fingerprint density at radius 3 is 3.20 bits per heavy atom. The summed E-state index contributed by atoms with van der Waals surface area (Å²) < 4.78 is 3.28. The predicted molar refractivity (Wildman–Crippen MR) is 44.2 cm³/mol. The van der Waals surface area contributed by atoms with E-state index in [0.29, 0.717) is 5.41 Å². The van der Waals surface area contributed by atoms with Gasteiger partial charge in [-0.25, -0.2) is 0 Å². The lowest BCUT2D eigenvalue weighted by Crippen LogP contribution is -2.22. The van der Waals surface area contributed by atoms with Crippen molar-refractivity contribution in [2.24, 2.45) is 5.41 Å². The third-order valence-electron chi connectivity index (χ3n) is 1.86. The van der Waals surface area contributed by atoms with Gasteiger partial charge in [-0.15, -0.1) is 0 Å². The molecule has 2 nitrogen and oxygen atoms in total. The van der Waals surface area contributed by atoms with E-state index in [-0.39, 0.29) is 0 Å². The summed E-state index contributed by atoms with van der Waals surface area (Å²) in [6, 6.07) is 0. The molecule has 2 aliphatic rings. The Morgan fingerprint density at radius 2 is 2.50 bits per heavy atom. The van der Waals surface area contributed by atoms with E-state index in [0.717, 1.165) is 5.88 Å². The van der Waals surface area contributed by atoms with E-state index in [4.69, 9.17) is 0 Å². The quantitative estimate of drug-likeness (QED) is 0.533. The van der Waals surface area contributed by atoms with E-state index in [2.05, 4.69) is 29.5 Å². The van der Waals surface area contributed by atoms with Gasteiger partial charge in [0.15, 0.2) is 0 Å². The summed E-state index contributed by atoms with van der Waals surface area (Å²) in [5, 5.41) is 0. The lowest BCUT2D eigenvalue weighted by atomic mass is 9.96. The Morgan fingerprint density at radius 1 is 1.70 bits per heavy atom.